The minimum Gasteiger partial charge on any atom is -0.377 e. The molecular weight excluding hydrogens is 184 g/mol. The lowest BCUT2D eigenvalue weighted by molar-refractivity contribution is 0.127. The summed E-state index contributed by atoms with van der Waals surface area (Å²) in [6.07, 6.45) is 3.39. The number of thioether (sulfide) groups is 1. The van der Waals surface area contributed by atoms with Crippen molar-refractivity contribution in [2.24, 2.45) is 0 Å². The number of hydrogen-bond acceptors (Lipinski definition) is 3. The lowest BCUT2D eigenvalue weighted by Gasteiger charge is -2.12. The lowest BCUT2D eigenvalue weighted by atomic mass is 10.3. The first-order valence-corrected chi connectivity index (χ1v) is 5.62. The number of H-pyrrole nitrogens is 1. The summed E-state index contributed by atoms with van der Waals surface area (Å²) in [5.41, 5.74) is 1.20. The molecule has 13 heavy (non-hydrogen) atoms. The molecule has 2 atom stereocenters. The highest BCUT2D eigenvalue weighted by Crippen LogP contribution is 2.28. The maximum atomic E-state index is 5.49. The largest absolute Gasteiger partial charge is 0.377 e. The molecule has 0 saturated carbocycles. The van der Waals surface area contributed by atoms with Crippen LogP contribution in [-0.2, 0) is 10.5 Å². The molecule has 1 aliphatic heterocycles. The number of aromatic nitrogens is 2. The third kappa shape index (κ3) is 2.25. The maximum absolute atomic E-state index is 5.49. The highest BCUT2D eigenvalue weighted by atomic mass is 32.2. The van der Waals surface area contributed by atoms with Crippen molar-refractivity contribution in [3.05, 3.63) is 18.0 Å². The van der Waals surface area contributed by atoms with Gasteiger partial charge in [-0.05, 0) is 19.4 Å². The van der Waals surface area contributed by atoms with Gasteiger partial charge < -0.3 is 4.74 Å². The van der Waals surface area contributed by atoms with E-state index in [1.54, 1.807) is 6.20 Å². The molecule has 2 heterocycles. The van der Waals surface area contributed by atoms with E-state index in [0.29, 0.717) is 11.4 Å². The van der Waals surface area contributed by atoms with E-state index in [1.807, 2.05) is 17.8 Å². The van der Waals surface area contributed by atoms with Gasteiger partial charge in [0.25, 0.3) is 0 Å². The summed E-state index contributed by atoms with van der Waals surface area (Å²) in [5.74, 6) is 1.01. The Morgan fingerprint density at radius 3 is 3.31 bits per heavy atom. The molecule has 0 amide bonds. The smallest absolute Gasteiger partial charge is 0.0666 e. The molecule has 0 bridgehead atoms. The van der Waals surface area contributed by atoms with Crippen LogP contribution in [0, 0.1) is 0 Å². The number of nitrogens with zero attached hydrogens (tertiary/aromatic N) is 1. The Balaban J connectivity index is 1.79. The monoisotopic (exact) mass is 198 g/mol. The summed E-state index contributed by atoms with van der Waals surface area (Å²) in [6.45, 7) is 3.07. The van der Waals surface area contributed by atoms with Gasteiger partial charge in [-0.2, -0.15) is 5.10 Å². The van der Waals surface area contributed by atoms with Crippen molar-refractivity contribution in [1.29, 1.82) is 0 Å². The molecule has 1 fully saturated rings. The third-order valence-corrected chi connectivity index (χ3v) is 3.84. The first-order chi connectivity index (χ1) is 6.36. The molecule has 1 saturated heterocycles. The SMILES string of the molecule is CC1OCCC1SCc1ccn[nH]1. The van der Waals surface area contributed by atoms with Gasteiger partial charge in [0.05, 0.1) is 6.10 Å². The van der Waals surface area contributed by atoms with E-state index in [-0.39, 0.29) is 0 Å². The topological polar surface area (TPSA) is 37.9 Å². The second-order valence-corrected chi connectivity index (χ2v) is 4.52. The van der Waals surface area contributed by atoms with Gasteiger partial charge in [-0.3, -0.25) is 5.10 Å². The van der Waals surface area contributed by atoms with Crippen molar-refractivity contribution < 1.29 is 4.74 Å². The number of nitrogens with one attached hydrogen (secondary N) is 1. The molecule has 1 aromatic rings. The minimum absolute atomic E-state index is 0.410. The van der Waals surface area contributed by atoms with E-state index in [1.165, 1.54) is 12.1 Å². The van der Waals surface area contributed by atoms with Crippen LogP contribution in [0.2, 0.25) is 0 Å². The van der Waals surface area contributed by atoms with Crippen molar-refractivity contribution in [1.82, 2.24) is 10.2 Å². The molecule has 2 rings (SSSR count). The molecule has 1 aliphatic rings. The van der Waals surface area contributed by atoms with E-state index in [2.05, 4.69) is 17.1 Å². The summed E-state index contributed by atoms with van der Waals surface area (Å²) in [4.78, 5) is 0. The normalized spacial score (nSPS) is 28.1. The summed E-state index contributed by atoms with van der Waals surface area (Å²) in [6, 6.07) is 2.02. The van der Waals surface area contributed by atoms with Gasteiger partial charge in [-0.15, -0.1) is 11.8 Å². The van der Waals surface area contributed by atoms with E-state index >= 15 is 0 Å². The van der Waals surface area contributed by atoms with Gasteiger partial charge in [-0.25, -0.2) is 0 Å². The maximum Gasteiger partial charge on any atom is 0.0666 e. The number of aromatic amines is 1. The van der Waals surface area contributed by atoms with Gasteiger partial charge in [-0.1, -0.05) is 0 Å². The fourth-order valence-corrected chi connectivity index (χ4v) is 2.66. The zero-order valence-corrected chi connectivity index (χ0v) is 8.51. The summed E-state index contributed by atoms with van der Waals surface area (Å²) < 4.78 is 5.49. The molecule has 1 N–H and O–H groups in total. The summed E-state index contributed by atoms with van der Waals surface area (Å²) in [7, 11) is 0. The first kappa shape index (κ1) is 9.09. The molecular formula is C9H14N2OS. The van der Waals surface area contributed by atoms with Crippen LogP contribution >= 0.6 is 11.8 Å². The molecule has 1 aromatic heterocycles. The quantitative estimate of drug-likeness (QED) is 0.805. The highest BCUT2D eigenvalue weighted by Gasteiger charge is 2.24. The van der Waals surface area contributed by atoms with Crippen molar-refractivity contribution in [3.8, 4) is 0 Å². The van der Waals surface area contributed by atoms with Crippen LogP contribution in [0.4, 0.5) is 0 Å². The Hall–Kier alpha value is -0.480. The fraction of sp³-hybridized carbons (Fsp3) is 0.667. The standard InChI is InChI=1S/C9H14N2OS/c1-7-9(3-5-12-7)13-6-8-2-4-10-11-8/h2,4,7,9H,3,5-6H2,1H3,(H,10,11). The van der Waals surface area contributed by atoms with Gasteiger partial charge >= 0.3 is 0 Å². The van der Waals surface area contributed by atoms with Crippen LogP contribution in [-0.4, -0.2) is 28.2 Å². The van der Waals surface area contributed by atoms with Crippen molar-refractivity contribution >= 4 is 11.8 Å². The van der Waals surface area contributed by atoms with Crippen molar-refractivity contribution in [2.45, 2.75) is 30.5 Å². The molecule has 0 spiro atoms. The molecule has 0 aliphatic carbocycles. The Kier molecular flexibility index (Phi) is 2.90. The Morgan fingerprint density at radius 2 is 2.69 bits per heavy atom. The molecule has 0 radical (unpaired) electrons. The Morgan fingerprint density at radius 1 is 1.77 bits per heavy atom. The van der Waals surface area contributed by atoms with Crippen LogP contribution in [0.5, 0.6) is 0 Å². The van der Waals surface area contributed by atoms with Crippen LogP contribution < -0.4 is 0 Å². The second kappa shape index (κ2) is 4.15. The van der Waals surface area contributed by atoms with E-state index in [0.717, 1.165) is 12.4 Å². The number of ether oxygens (including phenoxy) is 1. The van der Waals surface area contributed by atoms with Gasteiger partial charge in [0.2, 0.25) is 0 Å². The molecule has 3 nitrogen and oxygen atoms in total. The van der Waals surface area contributed by atoms with Crippen molar-refractivity contribution in [3.63, 3.8) is 0 Å². The average molecular weight is 198 g/mol. The van der Waals surface area contributed by atoms with Crippen LogP contribution in [0.15, 0.2) is 12.3 Å². The molecule has 2 unspecified atom stereocenters. The van der Waals surface area contributed by atoms with E-state index in [4.69, 9.17) is 4.74 Å². The zero-order valence-electron chi connectivity index (χ0n) is 7.69. The minimum atomic E-state index is 0.410. The van der Waals surface area contributed by atoms with Gasteiger partial charge in [0.1, 0.15) is 0 Å². The van der Waals surface area contributed by atoms with Crippen molar-refractivity contribution in [2.75, 3.05) is 6.61 Å². The molecule has 72 valence electrons. The Bertz CT molecular complexity index is 250. The zero-order chi connectivity index (χ0) is 9.10. The summed E-state index contributed by atoms with van der Waals surface area (Å²) >= 11 is 1.95. The predicted octanol–water partition coefficient (Wildman–Crippen LogP) is 1.82. The van der Waals surface area contributed by atoms with Gasteiger partial charge in [0, 0.05) is 29.5 Å². The van der Waals surface area contributed by atoms with E-state index < -0.39 is 0 Å². The van der Waals surface area contributed by atoms with Crippen LogP contribution in [0.1, 0.15) is 19.0 Å². The Labute approximate surface area is 82.2 Å². The first-order valence-electron chi connectivity index (χ1n) is 4.58. The fourth-order valence-electron chi connectivity index (χ4n) is 1.49. The number of hydrogen-bond donors (Lipinski definition) is 1. The highest BCUT2D eigenvalue weighted by molar-refractivity contribution is 7.99. The van der Waals surface area contributed by atoms with Crippen LogP contribution in [0.3, 0.4) is 0 Å². The lowest BCUT2D eigenvalue weighted by Crippen LogP contribution is -2.13. The number of rotatable bonds is 3. The molecule has 4 heteroatoms. The predicted molar refractivity (Wildman–Crippen MR) is 53.7 cm³/mol. The van der Waals surface area contributed by atoms with Crippen LogP contribution in [0.25, 0.3) is 0 Å². The van der Waals surface area contributed by atoms with E-state index in [9.17, 15) is 0 Å². The second-order valence-electron chi connectivity index (χ2n) is 3.30. The van der Waals surface area contributed by atoms with Gasteiger partial charge in [0.15, 0.2) is 0 Å². The molecule has 0 aromatic carbocycles. The summed E-state index contributed by atoms with van der Waals surface area (Å²) in [5, 5.41) is 7.54. The third-order valence-electron chi connectivity index (χ3n) is 2.32. The average Bonchev–Trinajstić information content (AvgIpc) is 2.72.